The van der Waals surface area contributed by atoms with Crippen LogP contribution in [-0.2, 0) is 4.74 Å². The van der Waals surface area contributed by atoms with Gasteiger partial charge in [0, 0.05) is 18.8 Å². The Labute approximate surface area is 106 Å². The minimum atomic E-state index is -0.513. The lowest BCUT2D eigenvalue weighted by molar-refractivity contribution is 0.0601. The van der Waals surface area contributed by atoms with Crippen molar-refractivity contribution in [3.63, 3.8) is 0 Å². The molecule has 0 bridgehead atoms. The molecule has 1 aliphatic heterocycles. The summed E-state index contributed by atoms with van der Waals surface area (Å²) in [6.45, 7) is 1.43. The van der Waals surface area contributed by atoms with Crippen LogP contribution in [0.1, 0.15) is 16.8 Å². The molecule has 1 aromatic carbocycles. The molecule has 1 aromatic rings. The van der Waals surface area contributed by atoms with Crippen LogP contribution in [0.3, 0.4) is 0 Å². The van der Waals surface area contributed by atoms with Crippen LogP contribution in [0, 0.1) is 0 Å². The molecule has 1 heterocycles. The molecular weight excluding hydrogens is 232 g/mol. The summed E-state index contributed by atoms with van der Waals surface area (Å²) in [5.74, 6) is -0.341. The van der Waals surface area contributed by atoms with Crippen molar-refractivity contribution in [3.05, 3.63) is 29.8 Å². The number of anilines is 1. The van der Waals surface area contributed by atoms with Crippen LogP contribution in [0.25, 0.3) is 0 Å². The minimum absolute atomic E-state index is 0.0102. The van der Waals surface area contributed by atoms with Gasteiger partial charge in [0.15, 0.2) is 0 Å². The molecule has 1 aliphatic rings. The molecule has 3 N–H and O–H groups in total. The molecular formula is C13H18N2O3. The maximum atomic E-state index is 11.3. The Kier molecular flexibility index (Phi) is 3.54. The van der Waals surface area contributed by atoms with Gasteiger partial charge in [-0.25, -0.2) is 4.79 Å². The quantitative estimate of drug-likeness (QED) is 0.758. The second kappa shape index (κ2) is 4.96. The molecule has 1 atom stereocenters. The van der Waals surface area contributed by atoms with E-state index in [-0.39, 0.29) is 12.6 Å². The first-order valence-corrected chi connectivity index (χ1v) is 5.91. The first kappa shape index (κ1) is 12.9. The Morgan fingerprint density at radius 1 is 1.50 bits per heavy atom. The molecule has 1 unspecified atom stereocenters. The topological polar surface area (TPSA) is 75.8 Å². The van der Waals surface area contributed by atoms with Crippen molar-refractivity contribution in [2.75, 3.05) is 31.7 Å². The number of rotatable bonds is 3. The smallest absolute Gasteiger partial charge is 0.337 e. The molecule has 0 spiro atoms. The standard InChI is InChI=1S/C13H18N2O3/c1-18-12(17)10-2-4-11(5-3-10)15-7-6-13(14,8-15)9-16/h2-5,16H,6-9,14H2,1H3. The van der Waals surface area contributed by atoms with Gasteiger partial charge in [-0.2, -0.15) is 0 Å². The van der Waals surface area contributed by atoms with Gasteiger partial charge in [-0.1, -0.05) is 0 Å². The number of benzene rings is 1. The van der Waals surface area contributed by atoms with E-state index < -0.39 is 5.54 Å². The minimum Gasteiger partial charge on any atom is -0.465 e. The van der Waals surface area contributed by atoms with Gasteiger partial charge in [-0.3, -0.25) is 0 Å². The molecule has 98 valence electrons. The number of methoxy groups -OCH3 is 1. The highest BCUT2D eigenvalue weighted by Gasteiger charge is 2.33. The molecule has 0 aliphatic carbocycles. The van der Waals surface area contributed by atoms with Gasteiger partial charge >= 0.3 is 5.97 Å². The highest BCUT2D eigenvalue weighted by Crippen LogP contribution is 2.25. The van der Waals surface area contributed by atoms with E-state index in [2.05, 4.69) is 9.64 Å². The van der Waals surface area contributed by atoms with E-state index in [1.165, 1.54) is 7.11 Å². The van der Waals surface area contributed by atoms with Crippen LogP contribution < -0.4 is 10.6 Å². The van der Waals surface area contributed by atoms with Gasteiger partial charge < -0.3 is 20.5 Å². The van der Waals surface area contributed by atoms with E-state index in [0.717, 1.165) is 18.7 Å². The average Bonchev–Trinajstić information content (AvgIpc) is 2.81. The zero-order valence-electron chi connectivity index (χ0n) is 10.4. The van der Waals surface area contributed by atoms with E-state index in [9.17, 15) is 9.90 Å². The lowest BCUT2D eigenvalue weighted by atomic mass is 10.0. The number of nitrogens with zero attached hydrogens (tertiary/aromatic N) is 1. The van der Waals surface area contributed by atoms with Crippen molar-refractivity contribution in [1.29, 1.82) is 0 Å². The Balaban J connectivity index is 2.09. The first-order valence-electron chi connectivity index (χ1n) is 5.91. The number of esters is 1. The van der Waals surface area contributed by atoms with Crippen molar-refractivity contribution in [1.82, 2.24) is 0 Å². The average molecular weight is 250 g/mol. The van der Waals surface area contributed by atoms with Gasteiger partial charge in [0.1, 0.15) is 0 Å². The Bertz CT molecular complexity index is 432. The fourth-order valence-corrected chi connectivity index (χ4v) is 2.17. The summed E-state index contributed by atoms with van der Waals surface area (Å²) in [6, 6.07) is 7.21. The van der Waals surface area contributed by atoms with E-state index >= 15 is 0 Å². The van der Waals surface area contributed by atoms with Gasteiger partial charge in [0.05, 0.1) is 24.8 Å². The van der Waals surface area contributed by atoms with E-state index in [1.807, 2.05) is 12.1 Å². The SMILES string of the molecule is COC(=O)c1ccc(N2CCC(N)(CO)C2)cc1. The van der Waals surface area contributed by atoms with Gasteiger partial charge in [0.2, 0.25) is 0 Å². The van der Waals surface area contributed by atoms with E-state index in [4.69, 9.17) is 5.73 Å². The van der Waals surface area contributed by atoms with Crippen LogP contribution in [0.2, 0.25) is 0 Å². The molecule has 0 amide bonds. The van der Waals surface area contributed by atoms with Crippen LogP contribution in [0.15, 0.2) is 24.3 Å². The predicted molar refractivity (Wildman–Crippen MR) is 68.6 cm³/mol. The summed E-state index contributed by atoms with van der Waals surface area (Å²) < 4.78 is 4.65. The van der Waals surface area contributed by atoms with Crippen LogP contribution in [0.5, 0.6) is 0 Å². The summed E-state index contributed by atoms with van der Waals surface area (Å²) in [5, 5.41) is 9.23. The normalized spacial score (nSPS) is 23.2. The number of hydrogen-bond acceptors (Lipinski definition) is 5. The lowest BCUT2D eigenvalue weighted by Gasteiger charge is -2.23. The second-order valence-electron chi connectivity index (χ2n) is 4.73. The van der Waals surface area contributed by atoms with E-state index in [0.29, 0.717) is 12.1 Å². The monoisotopic (exact) mass is 250 g/mol. The maximum Gasteiger partial charge on any atom is 0.337 e. The van der Waals surface area contributed by atoms with Crippen molar-refractivity contribution in [3.8, 4) is 0 Å². The van der Waals surface area contributed by atoms with Gasteiger partial charge in [-0.15, -0.1) is 0 Å². The molecule has 5 heteroatoms. The lowest BCUT2D eigenvalue weighted by Crippen LogP contribution is -2.46. The zero-order chi connectivity index (χ0) is 13.2. The largest absolute Gasteiger partial charge is 0.465 e. The summed E-state index contributed by atoms with van der Waals surface area (Å²) >= 11 is 0. The molecule has 0 saturated carbocycles. The Hall–Kier alpha value is -1.59. The number of hydrogen-bond donors (Lipinski definition) is 2. The molecule has 0 radical (unpaired) electrons. The predicted octanol–water partition coefficient (Wildman–Crippen LogP) is 0.373. The summed E-state index contributed by atoms with van der Waals surface area (Å²) in [7, 11) is 1.36. The fraction of sp³-hybridized carbons (Fsp3) is 0.462. The third-order valence-corrected chi connectivity index (χ3v) is 3.35. The van der Waals surface area contributed by atoms with E-state index in [1.54, 1.807) is 12.1 Å². The molecule has 1 saturated heterocycles. The Morgan fingerprint density at radius 3 is 2.67 bits per heavy atom. The Morgan fingerprint density at radius 2 is 2.17 bits per heavy atom. The number of aliphatic hydroxyl groups excluding tert-OH is 1. The van der Waals surface area contributed by atoms with Gasteiger partial charge in [0.25, 0.3) is 0 Å². The number of aliphatic hydroxyl groups is 1. The number of ether oxygens (including phenoxy) is 1. The highest BCUT2D eigenvalue weighted by molar-refractivity contribution is 5.89. The number of nitrogens with two attached hydrogens (primary N) is 1. The van der Waals surface area contributed by atoms with Gasteiger partial charge in [-0.05, 0) is 30.7 Å². The second-order valence-corrected chi connectivity index (χ2v) is 4.73. The number of carbonyl (C=O) groups excluding carboxylic acids is 1. The number of carbonyl (C=O) groups is 1. The molecule has 5 nitrogen and oxygen atoms in total. The van der Waals surface area contributed by atoms with Crippen LogP contribution in [-0.4, -0.2) is 43.4 Å². The maximum absolute atomic E-state index is 11.3. The third kappa shape index (κ3) is 2.47. The summed E-state index contributed by atoms with van der Waals surface area (Å²) in [5.41, 5.74) is 7.04. The van der Waals surface area contributed by atoms with Crippen molar-refractivity contribution in [2.24, 2.45) is 5.73 Å². The molecule has 0 aromatic heterocycles. The van der Waals surface area contributed by atoms with Crippen LogP contribution in [0.4, 0.5) is 5.69 Å². The summed E-state index contributed by atoms with van der Waals surface area (Å²) in [6.07, 6.45) is 0.766. The molecule has 18 heavy (non-hydrogen) atoms. The summed E-state index contributed by atoms with van der Waals surface area (Å²) in [4.78, 5) is 13.4. The third-order valence-electron chi connectivity index (χ3n) is 3.35. The molecule has 2 rings (SSSR count). The first-order chi connectivity index (χ1) is 8.58. The fourth-order valence-electron chi connectivity index (χ4n) is 2.17. The van der Waals surface area contributed by atoms with Crippen molar-refractivity contribution >= 4 is 11.7 Å². The zero-order valence-corrected chi connectivity index (χ0v) is 10.4. The van der Waals surface area contributed by atoms with Crippen molar-refractivity contribution < 1.29 is 14.6 Å². The van der Waals surface area contributed by atoms with Crippen molar-refractivity contribution in [2.45, 2.75) is 12.0 Å². The highest BCUT2D eigenvalue weighted by atomic mass is 16.5. The van der Waals surface area contributed by atoms with Crippen LogP contribution >= 0.6 is 0 Å². The molecule has 1 fully saturated rings.